The summed E-state index contributed by atoms with van der Waals surface area (Å²) in [5.41, 5.74) is 1.11. The predicted molar refractivity (Wildman–Crippen MR) is 90.0 cm³/mol. The molecule has 0 aromatic heterocycles. The molecule has 0 fully saturated rings. The van der Waals surface area contributed by atoms with Gasteiger partial charge in [0.2, 0.25) is 5.78 Å². The molecule has 2 aromatic rings. The van der Waals surface area contributed by atoms with Gasteiger partial charge < -0.3 is 18.9 Å². The van der Waals surface area contributed by atoms with E-state index in [-0.39, 0.29) is 18.1 Å². The van der Waals surface area contributed by atoms with Crippen molar-refractivity contribution >= 4 is 11.9 Å². The first-order chi connectivity index (χ1) is 12.2. The smallest absolute Gasteiger partial charge is 0.231 e. The molecule has 126 valence electrons. The number of hydrogen-bond donors (Lipinski definition) is 0. The zero-order valence-electron chi connectivity index (χ0n) is 13.7. The van der Waals surface area contributed by atoms with Crippen molar-refractivity contribution in [1.29, 1.82) is 5.26 Å². The lowest BCUT2D eigenvalue weighted by atomic mass is 10.1. The number of ketones is 1. The van der Waals surface area contributed by atoms with Gasteiger partial charge in [0.25, 0.3) is 0 Å². The Labute approximate surface area is 144 Å². The van der Waals surface area contributed by atoms with Crippen LogP contribution in [0.25, 0.3) is 6.08 Å². The maximum absolute atomic E-state index is 12.5. The minimum atomic E-state index is -0.230. The van der Waals surface area contributed by atoms with E-state index in [2.05, 4.69) is 0 Å². The standard InChI is InChI=1S/C19H15NO5/c1-22-13-4-6-16(23-2)12(9-13)10-18-19(21)15-5-3-14(24-8-7-20)11-17(15)25-18/h3-6,9-11H,8H2,1-2H3. The first kappa shape index (κ1) is 16.4. The Morgan fingerprint density at radius 3 is 2.64 bits per heavy atom. The van der Waals surface area contributed by atoms with Gasteiger partial charge in [0.1, 0.15) is 29.1 Å². The van der Waals surface area contributed by atoms with Crippen LogP contribution in [0.15, 0.2) is 42.2 Å². The zero-order chi connectivity index (χ0) is 17.8. The third-order valence-electron chi connectivity index (χ3n) is 3.67. The Morgan fingerprint density at radius 2 is 1.92 bits per heavy atom. The van der Waals surface area contributed by atoms with Crippen LogP contribution in [-0.2, 0) is 0 Å². The number of carbonyl (C=O) groups excluding carboxylic acids is 1. The molecule has 0 saturated carbocycles. The molecule has 0 amide bonds. The monoisotopic (exact) mass is 337 g/mol. The Morgan fingerprint density at radius 1 is 1.12 bits per heavy atom. The van der Waals surface area contributed by atoms with Crippen LogP contribution in [0.3, 0.4) is 0 Å². The minimum Gasteiger partial charge on any atom is -0.497 e. The minimum absolute atomic E-state index is 0.0730. The Kier molecular flexibility index (Phi) is 4.57. The van der Waals surface area contributed by atoms with Gasteiger partial charge >= 0.3 is 0 Å². The van der Waals surface area contributed by atoms with Gasteiger partial charge in [0.05, 0.1) is 19.8 Å². The second-order valence-corrected chi connectivity index (χ2v) is 5.15. The SMILES string of the molecule is COc1ccc(OC)c(C=C2Oc3cc(OCC#N)ccc3C2=O)c1. The van der Waals surface area contributed by atoms with E-state index in [0.29, 0.717) is 34.1 Å². The number of ether oxygens (including phenoxy) is 4. The third-order valence-corrected chi connectivity index (χ3v) is 3.67. The van der Waals surface area contributed by atoms with Gasteiger partial charge in [0.15, 0.2) is 12.4 Å². The molecule has 3 rings (SSSR count). The number of benzene rings is 2. The summed E-state index contributed by atoms with van der Waals surface area (Å²) in [6.07, 6.45) is 1.61. The molecule has 0 bridgehead atoms. The largest absolute Gasteiger partial charge is 0.497 e. The number of nitriles is 1. The number of rotatable bonds is 5. The summed E-state index contributed by atoms with van der Waals surface area (Å²) in [5, 5.41) is 8.57. The molecule has 0 radical (unpaired) electrons. The van der Waals surface area contributed by atoms with Gasteiger partial charge in [0, 0.05) is 11.6 Å². The lowest BCUT2D eigenvalue weighted by Gasteiger charge is -2.08. The van der Waals surface area contributed by atoms with Gasteiger partial charge in [-0.05, 0) is 36.4 Å². The van der Waals surface area contributed by atoms with Crippen molar-refractivity contribution in [3.63, 3.8) is 0 Å². The molecule has 6 nitrogen and oxygen atoms in total. The highest BCUT2D eigenvalue weighted by molar-refractivity contribution is 6.14. The molecule has 0 N–H and O–H groups in total. The highest BCUT2D eigenvalue weighted by Gasteiger charge is 2.28. The molecule has 1 aliphatic heterocycles. The Balaban J connectivity index is 1.93. The molecular formula is C19H15NO5. The normalized spacial score (nSPS) is 13.8. The number of allylic oxidation sites excluding steroid dienone is 1. The molecule has 0 saturated heterocycles. The summed E-state index contributed by atoms with van der Waals surface area (Å²) in [5.74, 6) is 2.05. The number of carbonyl (C=O) groups is 1. The molecule has 0 aliphatic carbocycles. The maximum atomic E-state index is 12.5. The van der Waals surface area contributed by atoms with E-state index in [1.54, 1.807) is 56.7 Å². The fourth-order valence-electron chi connectivity index (χ4n) is 2.47. The number of fused-ring (bicyclic) bond motifs is 1. The van der Waals surface area contributed by atoms with Crippen LogP contribution in [0.4, 0.5) is 0 Å². The van der Waals surface area contributed by atoms with Gasteiger partial charge in [-0.2, -0.15) is 5.26 Å². The van der Waals surface area contributed by atoms with Crippen LogP contribution in [0.2, 0.25) is 0 Å². The average Bonchev–Trinajstić information content (AvgIpc) is 2.95. The van der Waals surface area contributed by atoms with E-state index in [9.17, 15) is 4.79 Å². The molecule has 1 heterocycles. The van der Waals surface area contributed by atoms with Crippen molar-refractivity contribution in [3.05, 3.63) is 53.3 Å². The first-order valence-electron chi connectivity index (χ1n) is 7.46. The maximum Gasteiger partial charge on any atom is 0.231 e. The van der Waals surface area contributed by atoms with Crippen LogP contribution < -0.4 is 18.9 Å². The summed E-state index contributed by atoms with van der Waals surface area (Å²) in [6, 6.07) is 12.0. The van der Waals surface area contributed by atoms with Crippen LogP contribution in [0, 0.1) is 11.3 Å². The second-order valence-electron chi connectivity index (χ2n) is 5.15. The van der Waals surface area contributed by atoms with Crippen molar-refractivity contribution in [3.8, 4) is 29.1 Å². The van der Waals surface area contributed by atoms with Crippen molar-refractivity contribution in [1.82, 2.24) is 0 Å². The molecule has 1 aliphatic rings. The van der Waals surface area contributed by atoms with Crippen molar-refractivity contribution in [2.75, 3.05) is 20.8 Å². The van der Waals surface area contributed by atoms with Crippen LogP contribution in [0.1, 0.15) is 15.9 Å². The van der Waals surface area contributed by atoms with E-state index in [4.69, 9.17) is 24.2 Å². The van der Waals surface area contributed by atoms with Crippen LogP contribution >= 0.6 is 0 Å². The number of methoxy groups -OCH3 is 2. The van der Waals surface area contributed by atoms with E-state index in [1.165, 1.54) is 0 Å². The molecule has 2 aromatic carbocycles. The number of Topliss-reactive ketones (excluding diaryl/α,β-unsaturated/α-hetero) is 1. The summed E-state index contributed by atoms with van der Waals surface area (Å²) in [7, 11) is 3.11. The lowest BCUT2D eigenvalue weighted by molar-refractivity contribution is 0.101. The summed E-state index contributed by atoms with van der Waals surface area (Å²) in [4.78, 5) is 12.5. The Hall–Kier alpha value is -3.46. The molecule has 0 spiro atoms. The van der Waals surface area contributed by atoms with Crippen molar-refractivity contribution in [2.45, 2.75) is 0 Å². The highest BCUT2D eigenvalue weighted by Crippen LogP contribution is 2.36. The van der Waals surface area contributed by atoms with E-state index < -0.39 is 0 Å². The summed E-state index contributed by atoms with van der Waals surface area (Å²) < 4.78 is 21.4. The summed E-state index contributed by atoms with van der Waals surface area (Å²) in [6.45, 7) is -0.0730. The third kappa shape index (κ3) is 3.26. The lowest BCUT2D eigenvalue weighted by Crippen LogP contribution is -1.99. The van der Waals surface area contributed by atoms with Crippen molar-refractivity contribution < 1.29 is 23.7 Å². The van der Waals surface area contributed by atoms with Crippen molar-refractivity contribution in [2.24, 2.45) is 0 Å². The first-order valence-corrected chi connectivity index (χ1v) is 7.46. The summed E-state index contributed by atoms with van der Waals surface area (Å²) >= 11 is 0. The Bertz CT molecular complexity index is 895. The van der Waals surface area contributed by atoms with Gasteiger partial charge in [-0.15, -0.1) is 0 Å². The van der Waals surface area contributed by atoms with E-state index >= 15 is 0 Å². The topological polar surface area (TPSA) is 77.8 Å². The predicted octanol–water partition coefficient (Wildman–Crippen LogP) is 3.22. The molecule has 0 atom stereocenters. The highest BCUT2D eigenvalue weighted by atomic mass is 16.5. The molecular weight excluding hydrogens is 322 g/mol. The molecule has 0 unspecified atom stereocenters. The number of nitrogens with zero attached hydrogens (tertiary/aromatic N) is 1. The van der Waals surface area contributed by atoms with E-state index in [1.807, 2.05) is 6.07 Å². The molecule has 6 heteroatoms. The van der Waals surface area contributed by atoms with Crippen LogP contribution in [-0.4, -0.2) is 26.6 Å². The second kappa shape index (κ2) is 6.97. The number of hydrogen-bond acceptors (Lipinski definition) is 6. The van der Waals surface area contributed by atoms with Gasteiger partial charge in [-0.25, -0.2) is 0 Å². The molecule has 25 heavy (non-hydrogen) atoms. The van der Waals surface area contributed by atoms with Gasteiger partial charge in [-0.3, -0.25) is 4.79 Å². The zero-order valence-corrected chi connectivity index (χ0v) is 13.7. The average molecular weight is 337 g/mol. The van der Waals surface area contributed by atoms with E-state index in [0.717, 1.165) is 0 Å². The van der Waals surface area contributed by atoms with Crippen LogP contribution in [0.5, 0.6) is 23.0 Å². The fraction of sp³-hybridized carbons (Fsp3) is 0.158. The fourth-order valence-corrected chi connectivity index (χ4v) is 2.47. The van der Waals surface area contributed by atoms with Gasteiger partial charge in [-0.1, -0.05) is 0 Å². The quantitative estimate of drug-likeness (QED) is 0.780.